The number of nitrogens with one attached hydrogen (secondary N) is 1. The zero-order chi connectivity index (χ0) is 27.0. The number of hydrogen-bond acceptors (Lipinski definition) is 1. The molecule has 1 spiro atoms. The molecule has 5 fully saturated rings. The van der Waals surface area contributed by atoms with Gasteiger partial charge in [-0.05, 0) is 138 Å². The van der Waals surface area contributed by atoms with Crippen LogP contribution in [0.4, 0.5) is 11.4 Å². The Balaban J connectivity index is 0.954. The van der Waals surface area contributed by atoms with Crippen molar-refractivity contribution >= 4 is 11.4 Å². The van der Waals surface area contributed by atoms with Crippen molar-refractivity contribution in [1.82, 2.24) is 0 Å². The van der Waals surface area contributed by atoms with E-state index in [1.165, 1.54) is 98.6 Å². The predicted octanol–water partition coefficient (Wildman–Crippen LogP) is 10.8. The zero-order valence-electron chi connectivity index (χ0n) is 24.2. The summed E-state index contributed by atoms with van der Waals surface area (Å²) in [5.41, 5.74) is 13.3. The van der Waals surface area contributed by atoms with E-state index in [1.807, 2.05) is 0 Å². The van der Waals surface area contributed by atoms with Crippen molar-refractivity contribution in [2.45, 2.75) is 81.5 Å². The summed E-state index contributed by atoms with van der Waals surface area (Å²) in [6.07, 6.45) is 15.4. The van der Waals surface area contributed by atoms with Crippen molar-refractivity contribution in [2.24, 2.45) is 17.8 Å². The average molecular weight is 536 g/mol. The van der Waals surface area contributed by atoms with E-state index >= 15 is 0 Å². The predicted molar refractivity (Wildman–Crippen MR) is 171 cm³/mol. The van der Waals surface area contributed by atoms with E-state index < -0.39 is 0 Å². The highest BCUT2D eigenvalue weighted by atomic mass is 14.9. The number of fused-ring (bicyclic) bond motifs is 5. The Morgan fingerprint density at radius 3 is 1.80 bits per heavy atom. The third-order valence-electron chi connectivity index (χ3n) is 12.0. The van der Waals surface area contributed by atoms with Crippen LogP contribution in [0.3, 0.4) is 0 Å². The topological polar surface area (TPSA) is 12.0 Å². The monoisotopic (exact) mass is 535 g/mol. The van der Waals surface area contributed by atoms with Gasteiger partial charge in [0.1, 0.15) is 0 Å². The smallest absolute Gasteiger partial charge is 0.0387 e. The highest BCUT2D eigenvalue weighted by Crippen LogP contribution is 2.61. The lowest BCUT2D eigenvalue weighted by molar-refractivity contribution is -0.00518. The molecule has 0 unspecified atom stereocenters. The molecule has 5 saturated carbocycles. The molecule has 4 bridgehead atoms. The quantitative estimate of drug-likeness (QED) is 0.274. The van der Waals surface area contributed by atoms with E-state index in [0.29, 0.717) is 5.41 Å². The van der Waals surface area contributed by atoms with Gasteiger partial charge in [0.25, 0.3) is 0 Å². The van der Waals surface area contributed by atoms with Gasteiger partial charge in [-0.3, -0.25) is 0 Å². The summed E-state index contributed by atoms with van der Waals surface area (Å²) in [5, 5.41) is 3.74. The van der Waals surface area contributed by atoms with E-state index in [0.717, 1.165) is 23.4 Å². The first-order valence-electron chi connectivity index (χ1n) is 16.4. The number of benzene rings is 4. The number of rotatable bonds is 4. The second kappa shape index (κ2) is 9.09. The van der Waals surface area contributed by atoms with Crippen LogP contribution in [0.1, 0.15) is 87.3 Å². The van der Waals surface area contributed by atoms with Crippen LogP contribution in [0.15, 0.2) is 91.0 Å². The fraction of sp³-hybridized carbons (Fsp3) is 0.400. The molecule has 1 nitrogen and oxygen atoms in total. The number of anilines is 2. The van der Waals surface area contributed by atoms with Gasteiger partial charge in [-0.1, -0.05) is 86.0 Å². The van der Waals surface area contributed by atoms with Crippen LogP contribution in [0.2, 0.25) is 0 Å². The second-order valence-electron chi connectivity index (χ2n) is 14.4. The lowest BCUT2D eigenvalue weighted by atomic mass is 9.48. The maximum atomic E-state index is 3.74. The minimum absolute atomic E-state index is 0.202. The van der Waals surface area contributed by atoms with Gasteiger partial charge in [0, 0.05) is 16.8 Å². The first-order chi connectivity index (χ1) is 20.2. The fourth-order valence-corrected chi connectivity index (χ4v) is 10.6. The molecular weight excluding hydrogens is 494 g/mol. The molecule has 1 heteroatoms. The summed E-state index contributed by atoms with van der Waals surface area (Å²) in [5.74, 6) is 2.99. The van der Waals surface area contributed by atoms with Crippen LogP contribution in [-0.4, -0.2) is 0 Å². The highest BCUT2D eigenvalue weighted by Gasteiger charge is 2.51. The van der Waals surface area contributed by atoms with Gasteiger partial charge in [-0.25, -0.2) is 0 Å². The molecule has 0 aliphatic heterocycles. The summed E-state index contributed by atoms with van der Waals surface area (Å²) < 4.78 is 0. The van der Waals surface area contributed by atoms with Gasteiger partial charge < -0.3 is 5.32 Å². The van der Waals surface area contributed by atoms with E-state index in [1.54, 1.807) is 16.7 Å². The molecule has 4 aromatic rings. The fourth-order valence-electron chi connectivity index (χ4n) is 10.6. The Morgan fingerprint density at radius 1 is 0.537 bits per heavy atom. The average Bonchev–Trinajstić information content (AvgIpc) is 3.26. The van der Waals surface area contributed by atoms with Crippen molar-refractivity contribution in [3.8, 4) is 22.3 Å². The van der Waals surface area contributed by atoms with Crippen molar-refractivity contribution in [1.29, 1.82) is 0 Å². The third-order valence-corrected chi connectivity index (χ3v) is 12.0. The van der Waals surface area contributed by atoms with Gasteiger partial charge >= 0.3 is 0 Å². The van der Waals surface area contributed by atoms with Gasteiger partial charge in [0.15, 0.2) is 0 Å². The largest absolute Gasteiger partial charge is 0.356 e. The van der Waals surface area contributed by atoms with Crippen LogP contribution < -0.4 is 5.32 Å². The molecule has 206 valence electrons. The molecule has 6 aliphatic rings. The van der Waals surface area contributed by atoms with Gasteiger partial charge in [-0.2, -0.15) is 0 Å². The lowest BCUT2D eigenvalue weighted by Crippen LogP contribution is -2.48. The van der Waals surface area contributed by atoms with E-state index in [4.69, 9.17) is 0 Å². The molecule has 4 aromatic carbocycles. The van der Waals surface area contributed by atoms with Crippen LogP contribution in [0, 0.1) is 17.8 Å². The number of hydrogen-bond donors (Lipinski definition) is 1. The molecule has 10 rings (SSSR count). The summed E-state index contributed by atoms with van der Waals surface area (Å²) in [4.78, 5) is 0. The van der Waals surface area contributed by atoms with Crippen LogP contribution in [-0.2, 0) is 10.8 Å². The van der Waals surface area contributed by atoms with Crippen LogP contribution in [0.5, 0.6) is 0 Å². The van der Waals surface area contributed by atoms with Gasteiger partial charge in [0.05, 0.1) is 0 Å². The Morgan fingerprint density at radius 2 is 1.12 bits per heavy atom. The first-order valence-corrected chi connectivity index (χ1v) is 16.4. The SMILES string of the molecule is c1ccc2c(c1)-c1ccc(Nc3ccc(-c4ccc(C56CC7C[C@H](C5)C[C@H](C7)C6)cc4)cc3)cc1C21CCCCC1. The molecule has 0 amide bonds. The van der Waals surface area contributed by atoms with Gasteiger partial charge in [-0.15, -0.1) is 0 Å². The van der Waals surface area contributed by atoms with Crippen LogP contribution >= 0.6 is 0 Å². The Hall–Kier alpha value is -3.32. The molecule has 0 saturated heterocycles. The standard InChI is InChI=1S/C40H41N/c1-4-18-40(19-5-1)37-7-3-2-6-35(37)36-17-16-34(23-38(36)40)41-33-14-10-31(11-15-33)30-8-12-32(13-9-30)39-24-27-20-28(25-39)22-29(21-27)26-39/h2-3,6-17,23,27-29,41H,1,4-5,18-22,24-26H2/t27-,28-,29?,39?/m1/s1. The molecular formula is C40H41N. The summed E-state index contributed by atoms with van der Waals surface area (Å²) in [6, 6.07) is 35.0. The molecule has 0 aromatic heterocycles. The van der Waals surface area contributed by atoms with Crippen molar-refractivity contribution in [2.75, 3.05) is 5.32 Å². The van der Waals surface area contributed by atoms with E-state index in [2.05, 4.69) is 96.3 Å². The van der Waals surface area contributed by atoms with E-state index in [9.17, 15) is 0 Å². The summed E-state index contributed by atoms with van der Waals surface area (Å²) in [6.45, 7) is 0. The Kier molecular flexibility index (Phi) is 5.39. The van der Waals surface area contributed by atoms with Gasteiger partial charge in [0.2, 0.25) is 0 Å². The second-order valence-corrected chi connectivity index (χ2v) is 14.4. The van der Waals surface area contributed by atoms with Crippen molar-refractivity contribution < 1.29 is 0 Å². The maximum Gasteiger partial charge on any atom is 0.0387 e. The Labute approximate surface area is 245 Å². The molecule has 1 N–H and O–H groups in total. The zero-order valence-corrected chi connectivity index (χ0v) is 24.2. The molecule has 6 aliphatic carbocycles. The van der Waals surface area contributed by atoms with Crippen molar-refractivity contribution in [3.05, 3.63) is 108 Å². The minimum Gasteiger partial charge on any atom is -0.356 e. The Bertz CT molecular complexity index is 1570. The van der Waals surface area contributed by atoms with Crippen molar-refractivity contribution in [3.63, 3.8) is 0 Å². The molecule has 0 radical (unpaired) electrons. The minimum atomic E-state index is 0.202. The summed E-state index contributed by atoms with van der Waals surface area (Å²) >= 11 is 0. The summed E-state index contributed by atoms with van der Waals surface area (Å²) in [7, 11) is 0. The molecule has 0 atom stereocenters. The van der Waals surface area contributed by atoms with Crippen LogP contribution in [0.25, 0.3) is 22.3 Å². The molecule has 41 heavy (non-hydrogen) atoms. The first kappa shape index (κ1) is 24.3. The van der Waals surface area contributed by atoms with E-state index in [-0.39, 0.29) is 5.41 Å². The normalized spacial score (nSPS) is 28.4. The highest BCUT2D eigenvalue weighted by molar-refractivity contribution is 5.83. The maximum absolute atomic E-state index is 3.74. The molecule has 0 heterocycles. The third kappa shape index (κ3) is 3.80. The lowest BCUT2D eigenvalue weighted by Gasteiger charge is -2.57.